The molecule has 0 fully saturated rings. The largest absolute Gasteiger partial charge is 0.544 e. The molecule has 1 aliphatic rings. The number of aromatic nitrogens is 1. The quantitative estimate of drug-likeness (QED) is 0.303. The summed E-state index contributed by atoms with van der Waals surface area (Å²) in [7, 11) is -4.39. The number of allylic oxidation sites excluding steroid dienone is 2. The average Bonchev–Trinajstić information content (AvgIpc) is 2.99. The van der Waals surface area contributed by atoms with Gasteiger partial charge in [0, 0.05) is 23.9 Å². The highest BCUT2D eigenvalue weighted by Gasteiger charge is 2.48. The number of rotatable bonds is 7. The number of carbonyl (C=O) groups is 1. The third-order valence-electron chi connectivity index (χ3n) is 9.09. The van der Waals surface area contributed by atoms with E-state index in [1.54, 1.807) is 4.57 Å². The zero-order valence-electron chi connectivity index (χ0n) is 27.7. The maximum atomic E-state index is 13.6. The van der Waals surface area contributed by atoms with Crippen molar-refractivity contribution in [1.82, 2.24) is 4.57 Å². The molecular weight excluding hydrogens is 531 g/mol. The molecule has 0 unspecified atom stereocenters. The SMILES string of the molecule is CC(C)[Si](OC1=C(O[Si](C)(C)C(C)(C)C)Cc2c(n(C(=O)OC(C)(C)C)c3ccccc23)CC1)(C(C)C)C(C)C. The molecule has 3 rings (SSSR count). The molecule has 5 nitrogen and oxygen atoms in total. The van der Waals surface area contributed by atoms with E-state index in [-0.39, 0.29) is 11.1 Å². The minimum absolute atomic E-state index is 0.0490. The molecule has 224 valence electrons. The van der Waals surface area contributed by atoms with Gasteiger partial charge in [0.15, 0.2) is 0 Å². The second-order valence-corrected chi connectivity index (χ2v) is 25.2. The first-order valence-corrected chi connectivity index (χ1v) is 20.2. The lowest BCUT2D eigenvalue weighted by Crippen LogP contribution is -2.48. The Hall–Kier alpha value is -2.00. The van der Waals surface area contributed by atoms with Crippen LogP contribution in [0, 0.1) is 0 Å². The fraction of sp³-hybridized carbons (Fsp3) is 0.667. The number of nitrogens with zero attached hydrogens (tertiary/aromatic N) is 1. The summed E-state index contributed by atoms with van der Waals surface area (Å²) >= 11 is 0. The van der Waals surface area contributed by atoms with Gasteiger partial charge in [0.05, 0.1) is 5.52 Å². The van der Waals surface area contributed by atoms with Gasteiger partial charge in [-0.05, 0) is 73.6 Å². The van der Waals surface area contributed by atoms with E-state index >= 15 is 0 Å². The van der Waals surface area contributed by atoms with Crippen LogP contribution in [0.5, 0.6) is 0 Å². The van der Waals surface area contributed by atoms with E-state index in [0.717, 1.165) is 33.7 Å². The number of hydrogen-bond donors (Lipinski definition) is 0. The van der Waals surface area contributed by atoms with Crippen molar-refractivity contribution in [1.29, 1.82) is 0 Å². The number of carbonyl (C=O) groups excluding carboxylic acids is 1. The minimum Gasteiger partial charge on any atom is -0.544 e. The van der Waals surface area contributed by atoms with Crippen molar-refractivity contribution in [2.45, 2.75) is 143 Å². The summed E-state index contributed by atoms with van der Waals surface area (Å²) in [5.41, 5.74) is 3.84. The van der Waals surface area contributed by atoms with E-state index in [9.17, 15) is 4.79 Å². The Bertz CT molecular complexity index is 1230. The molecule has 1 aromatic carbocycles. The van der Waals surface area contributed by atoms with Gasteiger partial charge in [-0.1, -0.05) is 80.5 Å². The number of para-hydroxylation sites is 1. The van der Waals surface area contributed by atoms with Crippen molar-refractivity contribution in [3.63, 3.8) is 0 Å². The lowest BCUT2D eigenvalue weighted by Gasteiger charge is -2.44. The Morgan fingerprint density at radius 2 is 1.38 bits per heavy atom. The number of benzene rings is 1. The Morgan fingerprint density at radius 1 is 0.825 bits per heavy atom. The second kappa shape index (κ2) is 11.4. The molecule has 0 spiro atoms. The van der Waals surface area contributed by atoms with Crippen LogP contribution in [-0.2, 0) is 26.4 Å². The van der Waals surface area contributed by atoms with Crippen molar-refractivity contribution < 1.29 is 18.4 Å². The lowest BCUT2D eigenvalue weighted by molar-refractivity contribution is 0.0540. The van der Waals surface area contributed by atoms with Gasteiger partial charge in [0.2, 0.25) is 8.32 Å². The van der Waals surface area contributed by atoms with Gasteiger partial charge >= 0.3 is 6.09 Å². The highest BCUT2D eigenvalue weighted by molar-refractivity contribution is 6.78. The summed E-state index contributed by atoms with van der Waals surface area (Å²) in [6.07, 6.45) is 1.70. The molecule has 40 heavy (non-hydrogen) atoms. The van der Waals surface area contributed by atoms with Crippen LogP contribution in [0.25, 0.3) is 10.9 Å². The van der Waals surface area contributed by atoms with Crippen molar-refractivity contribution in [2.24, 2.45) is 0 Å². The molecule has 0 aliphatic heterocycles. The van der Waals surface area contributed by atoms with Crippen LogP contribution in [0.2, 0.25) is 34.8 Å². The molecule has 1 heterocycles. The van der Waals surface area contributed by atoms with Gasteiger partial charge in [-0.15, -0.1) is 0 Å². The fourth-order valence-corrected chi connectivity index (χ4v) is 12.7. The molecule has 0 radical (unpaired) electrons. The Kier molecular flexibility index (Phi) is 9.23. The zero-order valence-corrected chi connectivity index (χ0v) is 29.7. The summed E-state index contributed by atoms with van der Waals surface area (Å²) in [5, 5.41) is 1.13. The van der Waals surface area contributed by atoms with Crippen LogP contribution in [-0.4, -0.2) is 32.9 Å². The van der Waals surface area contributed by atoms with E-state index in [2.05, 4.69) is 87.5 Å². The molecule has 0 saturated carbocycles. The maximum absolute atomic E-state index is 13.6. The normalized spacial score (nSPS) is 15.6. The molecule has 0 atom stereocenters. The Morgan fingerprint density at radius 3 is 1.88 bits per heavy atom. The molecular formula is C33H55NO4Si2. The predicted octanol–water partition coefficient (Wildman–Crippen LogP) is 10.3. The van der Waals surface area contributed by atoms with Crippen LogP contribution >= 0.6 is 0 Å². The molecule has 0 saturated heterocycles. The smallest absolute Gasteiger partial charge is 0.419 e. The highest BCUT2D eigenvalue weighted by Crippen LogP contribution is 2.47. The van der Waals surface area contributed by atoms with E-state index in [1.807, 2.05) is 32.9 Å². The van der Waals surface area contributed by atoms with Crippen LogP contribution in [0.15, 0.2) is 35.8 Å². The van der Waals surface area contributed by atoms with E-state index in [0.29, 0.717) is 35.9 Å². The van der Waals surface area contributed by atoms with Gasteiger partial charge in [0.25, 0.3) is 8.32 Å². The van der Waals surface area contributed by atoms with Crippen molar-refractivity contribution >= 4 is 33.6 Å². The predicted molar refractivity (Wildman–Crippen MR) is 173 cm³/mol. The molecule has 0 bridgehead atoms. The Balaban J connectivity index is 2.25. The van der Waals surface area contributed by atoms with Gasteiger partial charge < -0.3 is 13.6 Å². The van der Waals surface area contributed by atoms with Crippen LogP contribution in [0.3, 0.4) is 0 Å². The van der Waals surface area contributed by atoms with Crippen molar-refractivity contribution in [3.05, 3.63) is 47.0 Å². The van der Waals surface area contributed by atoms with Crippen LogP contribution < -0.4 is 0 Å². The highest BCUT2D eigenvalue weighted by atomic mass is 28.4. The van der Waals surface area contributed by atoms with Crippen molar-refractivity contribution in [2.75, 3.05) is 0 Å². The van der Waals surface area contributed by atoms with E-state index in [1.165, 1.54) is 0 Å². The summed E-state index contributed by atoms with van der Waals surface area (Å²) < 4.78 is 22.3. The first-order chi connectivity index (χ1) is 18.2. The standard InChI is InChI=1S/C33H55NO4Si2/c1-22(2)40(23(3)4,24(5)6)38-29-20-19-28-26(21-30(29)37-39(13,14)33(10,11)12)25-17-15-16-18-27(25)34(28)31(35)36-32(7,8)9/h15-18,22-24H,19-21H2,1-14H3. The number of hydrogen-bond acceptors (Lipinski definition) is 4. The average molecular weight is 586 g/mol. The molecule has 0 amide bonds. The van der Waals surface area contributed by atoms with Crippen LogP contribution in [0.4, 0.5) is 4.79 Å². The minimum atomic E-state index is -2.23. The molecule has 1 aliphatic carbocycles. The maximum Gasteiger partial charge on any atom is 0.419 e. The first-order valence-electron chi connectivity index (χ1n) is 15.2. The lowest BCUT2D eigenvalue weighted by atomic mass is 10.1. The summed E-state index contributed by atoms with van der Waals surface area (Å²) in [5.74, 6) is 1.97. The van der Waals surface area contributed by atoms with Gasteiger partial charge in [-0.3, -0.25) is 0 Å². The molecule has 2 aromatic rings. The van der Waals surface area contributed by atoms with Gasteiger partial charge in [0.1, 0.15) is 17.1 Å². The third kappa shape index (κ3) is 6.25. The number of fused-ring (bicyclic) bond motifs is 3. The summed E-state index contributed by atoms with van der Waals surface area (Å²) in [6.45, 7) is 31.2. The monoisotopic (exact) mass is 585 g/mol. The van der Waals surface area contributed by atoms with E-state index in [4.69, 9.17) is 13.6 Å². The summed E-state index contributed by atoms with van der Waals surface area (Å²) in [4.78, 5) is 13.6. The van der Waals surface area contributed by atoms with E-state index < -0.39 is 22.2 Å². The number of ether oxygens (including phenoxy) is 1. The van der Waals surface area contributed by atoms with Crippen molar-refractivity contribution in [3.8, 4) is 0 Å². The second-order valence-electron chi connectivity index (χ2n) is 15.1. The van der Waals surface area contributed by atoms with Gasteiger partial charge in [-0.2, -0.15) is 0 Å². The van der Waals surface area contributed by atoms with Gasteiger partial charge in [-0.25, -0.2) is 9.36 Å². The topological polar surface area (TPSA) is 49.7 Å². The Labute approximate surface area is 245 Å². The molecule has 7 heteroatoms. The molecule has 0 N–H and O–H groups in total. The fourth-order valence-electron chi connectivity index (χ4n) is 6.20. The van der Waals surface area contributed by atoms with Crippen LogP contribution in [0.1, 0.15) is 101 Å². The molecule has 1 aromatic heterocycles. The first kappa shape index (κ1) is 32.5. The third-order valence-corrected chi connectivity index (χ3v) is 19.5. The summed E-state index contributed by atoms with van der Waals surface area (Å²) in [6, 6.07) is 8.20. The zero-order chi connectivity index (χ0) is 30.4.